The Labute approximate surface area is 133 Å². The first-order valence-corrected chi connectivity index (χ1v) is 9.29. The topological polar surface area (TPSA) is 60.4 Å². The second kappa shape index (κ2) is 5.45. The van der Waals surface area contributed by atoms with Gasteiger partial charge in [0.2, 0.25) is 0 Å². The summed E-state index contributed by atoms with van der Waals surface area (Å²) in [5.74, 6) is -0.435. The van der Waals surface area contributed by atoms with E-state index >= 15 is 0 Å². The van der Waals surface area contributed by atoms with Gasteiger partial charge in [-0.2, -0.15) is 0 Å². The van der Waals surface area contributed by atoms with Crippen molar-refractivity contribution in [1.29, 1.82) is 0 Å². The second-order valence-corrected chi connectivity index (χ2v) is 8.71. The van der Waals surface area contributed by atoms with Crippen LogP contribution in [0.4, 0.5) is 0 Å². The molecule has 3 atom stereocenters. The van der Waals surface area contributed by atoms with E-state index in [4.69, 9.17) is 27.9 Å². The van der Waals surface area contributed by atoms with Crippen LogP contribution in [0.25, 0.3) is 0 Å². The zero-order valence-electron chi connectivity index (χ0n) is 11.1. The standard InChI is InChI=1S/C14H14Cl2O4S/c15-9-3-8(4-10(16)5-9)12-6-13(12)14(17)20-11-1-2-21(18,19)7-11/h3-5,11-13H,1-2,6-7H2/t11-,12-,13+/m1/s1. The summed E-state index contributed by atoms with van der Waals surface area (Å²) < 4.78 is 28.0. The predicted molar refractivity (Wildman–Crippen MR) is 80.5 cm³/mol. The molecular weight excluding hydrogens is 335 g/mol. The molecule has 7 heteroatoms. The zero-order valence-corrected chi connectivity index (χ0v) is 13.4. The van der Waals surface area contributed by atoms with E-state index in [-0.39, 0.29) is 29.3 Å². The van der Waals surface area contributed by atoms with Gasteiger partial charge in [-0.05, 0) is 42.5 Å². The van der Waals surface area contributed by atoms with E-state index in [1.807, 2.05) is 0 Å². The summed E-state index contributed by atoms with van der Waals surface area (Å²) in [6.45, 7) is 0. The third-order valence-corrected chi connectivity index (χ3v) is 6.05. The lowest BCUT2D eigenvalue weighted by Gasteiger charge is -2.10. The number of benzene rings is 1. The maximum absolute atomic E-state index is 12.0. The second-order valence-electron chi connectivity index (χ2n) is 5.61. The first-order chi connectivity index (χ1) is 9.84. The van der Waals surface area contributed by atoms with Crippen LogP contribution in [-0.4, -0.2) is 32.0 Å². The first-order valence-electron chi connectivity index (χ1n) is 6.71. The molecule has 1 aliphatic carbocycles. The molecule has 3 rings (SSSR count). The third kappa shape index (κ3) is 3.52. The van der Waals surface area contributed by atoms with E-state index in [1.54, 1.807) is 18.2 Å². The third-order valence-electron chi connectivity index (χ3n) is 3.88. The summed E-state index contributed by atoms with van der Waals surface area (Å²) in [4.78, 5) is 12.0. The fourth-order valence-electron chi connectivity index (χ4n) is 2.72. The van der Waals surface area contributed by atoms with E-state index in [0.29, 0.717) is 22.9 Å². The molecule has 1 aliphatic heterocycles. The van der Waals surface area contributed by atoms with Gasteiger partial charge in [0.15, 0.2) is 9.84 Å². The number of esters is 1. The van der Waals surface area contributed by atoms with Gasteiger partial charge in [0, 0.05) is 10.0 Å². The van der Waals surface area contributed by atoms with Crippen LogP contribution in [0, 0.1) is 5.92 Å². The maximum atomic E-state index is 12.0. The molecule has 0 radical (unpaired) electrons. The molecular formula is C14H14Cl2O4S. The molecule has 2 aliphatic rings. The highest BCUT2D eigenvalue weighted by Crippen LogP contribution is 2.49. The van der Waals surface area contributed by atoms with Gasteiger partial charge in [-0.1, -0.05) is 23.2 Å². The van der Waals surface area contributed by atoms with Crippen LogP contribution in [0.3, 0.4) is 0 Å². The summed E-state index contributed by atoms with van der Waals surface area (Å²) in [5.41, 5.74) is 0.925. The Hall–Kier alpha value is -0.780. The lowest BCUT2D eigenvalue weighted by molar-refractivity contribution is -0.149. The van der Waals surface area contributed by atoms with Gasteiger partial charge < -0.3 is 4.74 Å². The number of hydrogen-bond acceptors (Lipinski definition) is 4. The maximum Gasteiger partial charge on any atom is 0.309 e. The number of ether oxygens (including phenoxy) is 1. The number of halogens is 2. The highest BCUT2D eigenvalue weighted by atomic mass is 35.5. The molecule has 1 saturated carbocycles. The van der Waals surface area contributed by atoms with Crippen LogP contribution in [-0.2, 0) is 19.4 Å². The number of rotatable bonds is 3. The van der Waals surface area contributed by atoms with Crippen molar-refractivity contribution < 1.29 is 17.9 Å². The minimum Gasteiger partial charge on any atom is -0.461 e. The van der Waals surface area contributed by atoms with Crippen LogP contribution >= 0.6 is 23.2 Å². The molecule has 0 bridgehead atoms. The van der Waals surface area contributed by atoms with Gasteiger partial charge in [0.25, 0.3) is 0 Å². The van der Waals surface area contributed by atoms with Crippen molar-refractivity contribution in [2.45, 2.75) is 24.9 Å². The van der Waals surface area contributed by atoms with Crippen molar-refractivity contribution in [3.63, 3.8) is 0 Å². The molecule has 1 saturated heterocycles. The first kappa shape index (κ1) is 15.1. The Kier molecular flexibility index (Phi) is 3.93. The lowest BCUT2D eigenvalue weighted by Crippen LogP contribution is -2.20. The average Bonchev–Trinajstić information content (AvgIpc) is 3.08. The minimum atomic E-state index is -3.04. The smallest absolute Gasteiger partial charge is 0.309 e. The van der Waals surface area contributed by atoms with Crippen LogP contribution in [0.2, 0.25) is 10.0 Å². The van der Waals surface area contributed by atoms with Crippen molar-refractivity contribution in [2.75, 3.05) is 11.5 Å². The number of carbonyl (C=O) groups is 1. The van der Waals surface area contributed by atoms with Crippen LogP contribution < -0.4 is 0 Å². The van der Waals surface area contributed by atoms with Gasteiger partial charge >= 0.3 is 5.97 Å². The summed E-state index contributed by atoms with van der Waals surface area (Å²) in [7, 11) is -3.04. The summed E-state index contributed by atoms with van der Waals surface area (Å²) in [6.07, 6.45) is 0.593. The highest BCUT2D eigenvalue weighted by molar-refractivity contribution is 7.91. The molecule has 1 heterocycles. The minimum absolute atomic E-state index is 0.0564. The number of hydrogen-bond donors (Lipinski definition) is 0. The Bertz CT molecular complexity index is 666. The molecule has 0 spiro atoms. The van der Waals surface area contributed by atoms with Crippen molar-refractivity contribution in [3.8, 4) is 0 Å². The summed E-state index contributed by atoms with van der Waals surface area (Å²) in [5, 5.41) is 1.08. The van der Waals surface area contributed by atoms with Gasteiger partial charge in [-0.3, -0.25) is 4.79 Å². The molecule has 21 heavy (non-hydrogen) atoms. The van der Waals surface area contributed by atoms with Crippen molar-refractivity contribution in [2.24, 2.45) is 5.92 Å². The molecule has 0 unspecified atom stereocenters. The van der Waals surface area contributed by atoms with Crippen molar-refractivity contribution in [3.05, 3.63) is 33.8 Å². The van der Waals surface area contributed by atoms with Gasteiger partial charge in [-0.25, -0.2) is 8.42 Å². The Morgan fingerprint density at radius 1 is 1.19 bits per heavy atom. The SMILES string of the molecule is O=C(O[C@@H]1CCS(=O)(=O)C1)[C@H]1C[C@@H]1c1cc(Cl)cc(Cl)c1. The van der Waals surface area contributed by atoms with E-state index in [9.17, 15) is 13.2 Å². The predicted octanol–water partition coefficient (Wildman–Crippen LogP) is 2.83. The fraction of sp³-hybridized carbons (Fsp3) is 0.500. The number of carbonyl (C=O) groups excluding carboxylic acids is 1. The molecule has 1 aromatic carbocycles. The molecule has 2 fully saturated rings. The van der Waals surface area contributed by atoms with E-state index in [2.05, 4.69) is 0 Å². The molecule has 114 valence electrons. The van der Waals surface area contributed by atoms with E-state index in [0.717, 1.165) is 5.56 Å². The van der Waals surface area contributed by atoms with E-state index < -0.39 is 15.9 Å². The van der Waals surface area contributed by atoms with Gasteiger partial charge in [0.05, 0.1) is 17.4 Å². The Morgan fingerprint density at radius 3 is 2.43 bits per heavy atom. The Balaban J connectivity index is 1.61. The van der Waals surface area contributed by atoms with Crippen LogP contribution in [0.5, 0.6) is 0 Å². The summed E-state index contributed by atoms with van der Waals surface area (Å²) in [6, 6.07) is 5.24. The zero-order chi connectivity index (χ0) is 15.2. The van der Waals surface area contributed by atoms with Crippen LogP contribution in [0.1, 0.15) is 24.3 Å². The highest BCUT2D eigenvalue weighted by Gasteiger charge is 2.46. The van der Waals surface area contributed by atoms with Crippen molar-refractivity contribution in [1.82, 2.24) is 0 Å². The molecule has 0 N–H and O–H groups in total. The Morgan fingerprint density at radius 2 is 1.86 bits per heavy atom. The average molecular weight is 349 g/mol. The van der Waals surface area contributed by atoms with Crippen LogP contribution in [0.15, 0.2) is 18.2 Å². The lowest BCUT2D eigenvalue weighted by atomic mass is 10.1. The monoisotopic (exact) mass is 348 g/mol. The number of sulfone groups is 1. The molecule has 4 nitrogen and oxygen atoms in total. The van der Waals surface area contributed by atoms with Crippen molar-refractivity contribution >= 4 is 39.0 Å². The molecule has 1 aromatic rings. The van der Waals surface area contributed by atoms with E-state index in [1.165, 1.54) is 0 Å². The van der Waals surface area contributed by atoms with Gasteiger partial charge in [0.1, 0.15) is 6.10 Å². The normalized spacial score (nSPS) is 30.1. The molecule has 0 aromatic heterocycles. The van der Waals surface area contributed by atoms with Gasteiger partial charge in [-0.15, -0.1) is 0 Å². The summed E-state index contributed by atoms with van der Waals surface area (Å²) >= 11 is 11.9. The molecule has 0 amide bonds. The fourth-order valence-corrected chi connectivity index (χ4v) is 4.85. The quantitative estimate of drug-likeness (QED) is 0.788. The largest absolute Gasteiger partial charge is 0.461 e.